The van der Waals surface area contributed by atoms with Gasteiger partial charge in [-0.25, -0.2) is 14.0 Å². The molecule has 0 spiro atoms. The molecule has 4 atom stereocenters. The fourth-order valence-electron chi connectivity index (χ4n) is 5.84. The second-order valence-corrected chi connectivity index (χ2v) is 13.0. The monoisotopic (exact) mass is 707 g/mol. The van der Waals surface area contributed by atoms with Crippen molar-refractivity contribution in [1.82, 2.24) is 9.80 Å². The third-order valence-corrected chi connectivity index (χ3v) is 8.84. The van der Waals surface area contributed by atoms with Crippen molar-refractivity contribution < 1.29 is 42.8 Å². The van der Waals surface area contributed by atoms with E-state index in [0.717, 1.165) is 12.8 Å². The Bertz CT molecular complexity index is 1680. The lowest BCUT2D eigenvalue weighted by Gasteiger charge is -2.35. The highest BCUT2D eigenvalue weighted by Gasteiger charge is 2.31. The molecule has 2 heterocycles. The molecule has 0 bridgehead atoms. The molecule has 4 N–H and O–H groups in total. The molecule has 13 nitrogen and oxygen atoms in total. The van der Waals surface area contributed by atoms with Crippen molar-refractivity contribution in [3.8, 4) is 17.2 Å². The van der Waals surface area contributed by atoms with E-state index in [-0.39, 0.29) is 50.1 Å². The van der Waals surface area contributed by atoms with Crippen LogP contribution in [0.1, 0.15) is 50.4 Å². The lowest BCUT2D eigenvalue weighted by atomic mass is 10.0. The molecule has 0 fully saturated rings. The first kappa shape index (κ1) is 37.2. The van der Waals surface area contributed by atoms with E-state index in [2.05, 4.69) is 16.0 Å². The van der Waals surface area contributed by atoms with E-state index in [1.165, 1.54) is 29.2 Å². The fourth-order valence-corrected chi connectivity index (χ4v) is 5.84. The van der Waals surface area contributed by atoms with Gasteiger partial charge in [-0.05, 0) is 87.7 Å². The Hall–Kier alpha value is -5.08. The predicted octanol–water partition coefficient (Wildman–Crippen LogP) is 6.16. The number of aliphatic hydroxyl groups excluding tert-OH is 1. The number of nitrogens with one attached hydrogen (secondary N) is 3. The Morgan fingerprint density at radius 1 is 0.941 bits per heavy atom. The summed E-state index contributed by atoms with van der Waals surface area (Å²) in [6.45, 7) is 6.33. The summed E-state index contributed by atoms with van der Waals surface area (Å²) >= 11 is 0. The Labute approximate surface area is 297 Å². The van der Waals surface area contributed by atoms with Crippen LogP contribution in [-0.2, 0) is 4.74 Å². The molecule has 0 radical (unpaired) electrons. The lowest BCUT2D eigenvalue weighted by Crippen LogP contribution is -2.48. The van der Waals surface area contributed by atoms with Gasteiger partial charge in [0.1, 0.15) is 11.6 Å². The highest BCUT2D eigenvalue weighted by Crippen LogP contribution is 2.34. The molecule has 5 rings (SSSR count). The summed E-state index contributed by atoms with van der Waals surface area (Å²) in [4.78, 5) is 43.5. The Kier molecular flexibility index (Phi) is 12.6. The van der Waals surface area contributed by atoms with Gasteiger partial charge in [0.05, 0.1) is 30.4 Å². The van der Waals surface area contributed by atoms with E-state index in [9.17, 15) is 23.9 Å². The number of hydrogen-bond acceptors (Lipinski definition) is 8. The quantitative estimate of drug-likeness (QED) is 0.228. The van der Waals surface area contributed by atoms with E-state index in [1.807, 2.05) is 13.8 Å². The Balaban J connectivity index is 1.34. The zero-order valence-electron chi connectivity index (χ0n) is 29.3. The molecule has 2 aliphatic heterocycles. The predicted molar refractivity (Wildman–Crippen MR) is 190 cm³/mol. The summed E-state index contributed by atoms with van der Waals surface area (Å²) in [6.07, 6.45) is 1.59. The SMILES string of the molecule is C[C@@H]1CCCCO[C@H](CN(C)C(=O)Nc2ccc3c(c2)OCO3)[C@H](C)CN([C@@H](C)CO)C(=O)c2cc(NC(=O)Nc3ccc(F)cc3)ccc2O1. The molecule has 274 valence electrons. The van der Waals surface area contributed by atoms with Gasteiger partial charge in [0, 0.05) is 55.8 Å². The second kappa shape index (κ2) is 17.2. The van der Waals surface area contributed by atoms with Crippen LogP contribution in [0.4, 0.5) is 31.0 Å². The number of aliphatic hydroxyl groups is 1. The zero-order chi connectivity index (χ0) is 36.5. The van der Waals surface area contributed by atoms with Crippen LogP contribution in [0.3, 0.4) is 0 Å². The molecule has 0 saturated carbocycles. The van der Waals surface area contributed by atoms with Crippen LogP contribution in [0.2, 0.25) is 0 Å². The Morgan fingerprint density at radius 2 is 1.61 bits per heavy atom. The van der Waals surface area contributed by atoms with E-state index >= 15 is 0 Å². The summed E-state index contributed by atoms with van der Waals surface area (Å²) in [5, 5.41) is 18.5. The summed E-state index contributed by atoms with van der Waals surface area (Å²) in [6, 6.07) is 13.9. The van der Waals surface area contributed by atoms with E-state index in [0.29, 0.717) is 47.3 Å². The minimum absolute atomic E-state index is 0.129. The summed E-state index contributed by atoms with van der Waals surface area (Å²) in [7, 11) is 1.68. The fraction of sp³-hybridized carbons (Fsp3) is 0.432. The van der Waals surface area contributed by atoms with Crippen LogP contribution >= 0.6 is 0 Å². The molecule has 5 amide bonds. The Morgan fingerprint density at radius 3 is 2.35 bits per heavy atom. The van der Waals surface area contributed by atoms with E-state index < -0.39 is 29.9 Å². The highest BCUT2D eigenvalue weighted by molar-refractivity contribution is 6.02. The average Bonchev–Trinajstić information content (AvgIpc) is 3.58. The third-order valence-electron chi connectivity index (χ3n) is 8.84. The molecule has 2 aliphatic rings. The number of amides is 5. The van der Waals surface area contributed by atoms with Gasteiger partial charge in [-0.15, -0.1) is 0 Å². The van der Waals surface area contributed by atoms with Gasteiger partial charge in [-0.3, -0.25) is 4.79 Å². The number of urea groups is 2. The number of halogens is 1. The molecule has 3 aromatic carbocycles. The molecule has 0 aliphatic carbocycles. The summed E-state index contributed by atoms with van der Waals surface area (Å²) in [5.41, 5.74) is 1.50. The molecule has 0 saturated heterocycles. The average molecular weight is 708 g/mol. The van der Waals surface area contributed by atoms with Gasteiger partial charge in [-0.1, -0.05) is 6.92 Å². The number of carbonyl (C=O) groups is 3. The van der Waals surface area contributed by atoms with E-state index in [1.54, 1.807) is 55.3 Å². The minimum Gasteiger partial charge on any atom is -0.490 e. The standard InChI is InChI=1S/C37H46FN5O8/c1-23-19-43(24(2)21-44)35(45)30-17-28(40-36(46)39-27-10-8-26(38)9-11-27)12-14-31(30)51-25(3)7-5-6-16-48-34(23)20-42(4)37(47)41-29-13-15-32-33(18-29)50-22-49-32/h8-15,17-18,23-25,34,44H,5-7,16,19-22H2,1-4H3,(H,41,47)(H2,39,40,46)/t23-,24+,25-,34-/m1/s1. The molecule has 0 aromatic heterocycles. The molecular weight excluding hydrogens is 661 g/mol. The molecule has 51 heavy (non-hydrogen) atoms. The minimum atomic E-state index is -0.579. The van der Waals surface area contributed by atoms with Crippen molar-refractivity contribution in [1.29, 1.82) is 0 Å². The van der Waals surface area contributed by atoms with Crippen LogP contribution in [0.15, 0.2) is 60.7 Å². The van der Waals surface area contributed by atoms with Crippen molar-refractivity contribution in [2.24, 2.45) is 5.92 Å². The summed E-state index contributed by atoms with van der Waals surface area (Å²) < 4.78 is 36.8. The number of benzene rings is 3. The number of rotatable bonds is 7. The third kappa shape index (κ3) is 10.0. The number of likely N-dealkylation sites (N-methyl/N-ethyl adjacent to an activating group) is 1. The zero-order valence-corrected chi connectivity index (χ0v) is 29.3. The van der Waals surface area contributed by atoms with Crippen molar-refractivity contribution in [2.45, 2.75) is 58.3 Å². The number of ether oxygens (including phenoxy) is 4. The lowest BCUT2D eigenvalue weighted by molar-refractivity contribution is -0.0115. The summed E-state index contributed by atoms with van der Waals surface area (Å²) in [5.74, 6) is 0.422. The van der Waals surface area contributed by atoms with Crippen LogP contribution in [0.5, 0.6) is 17.2 Å². The van der Waals surface area contributed by atoms with Crippen LogP contribution < -0.4 is 30.2 Å². The maximum Gasteiger partial charge on any atom is 0.323 e. The molecule has 3 aromatic rings. The van der Waals surface area contributed by atoms with Crippen molar-refractivity contribution in [3.63, 3.8) is 0 Å². The van der Waals surface area contributed by atoms with Crippen LogP contribution in [-0.4, -0.2) is 91.3 Å². The van der Waals surface area contributed by atoms with Gasteiger partial charge in [-0.2, -0.15) is 0 Å². The number of anilines is 3. The van der Waals surface area contributed by atoms with Crippen molar-refractivity contribution in [2.75, 3.05) is 56.1 Å². The van der Waals surface area contributed by atoms with Gasteiger partial charge in [0.25, 0.3) is 5.91 Å². The van der Waals surface area contributed by atoms with E-state index in [4.69, 9.17) is 18.9 Å². The first-order chi connectivity index (χ1) is 24.5. The van der Waals surface area contributed by atoms with Gasteiger partial charge in [0.15, 0.2) is 11.5 Å². The van der Waals surface area contributed by atoms with Crippen LogP contribution in [0, 0.1) is 11.7 Å². The van der Waals surface area contributed by atoms with Crippen molar-refractivity contribution >= 4 is 35.0 Å². The maximum absolute atomic E-state index is 14.4. The van der Waals surface area contributed by atoms with Crippen LogP contribution in [0.25, 0.3) is 0 Å². The molecule has 14 heteroatoms. The number of nitrogens with zero attached hydrogens (tertiary/aromatic N) is 2. The maximum atomic E-state index is 14.4. The molecule has 0 unspecified atom stereocenters. The first-order valence-electron chi connectivity index (χ1n) is 17.1. The second-order valence-electron chi connectivity index (χ2n) is 13.0. The largest absolute Gasteiger partial charge is 0.490 e. The van der Waals surface area contributed by atoms with Gasteiger partial charge < -0.3 is 49.8 Å². The van der Waals surface area contributed by atoms with Gasteiger partial charge in [0.2, 0.25) is 6.79 Å². The number of fused-ring (bicyclic) bond motifs is 2. The smallest absolute Gasteiger partial charge is 0.323 e. The topological polar surface area (TPSA) is 151 Å². The first-order valence-corrected chi connectivity index (χ1v) is 17.1. The van der Waals surface area contributed by atoms with Gasteiger partial charge >= 0.3 is 12.1 Å². The van der Waals surface area contributed by atoms with Crippen molar-refractivity contribution in [3.05, 3.63) is 72.0 Å². The number of hydrogen-bond donors (Lipinski definition) is 4. The normalized spacial score (nSPS) is 19.9. The molecular formula is C37H46FN5O8. The number of carbonyl (C=O) groups excluding carboxylic acids is 3. The highest BCUT2D eigenvalue weighted by atomic mass is 19.1.